The van der Waals surface area contributed by atoms with E-state index in [9.17, 15) is 8.78 Å². The summed E-state index contributed by atoms with van der Waals surface area (Å²) in [6.45, 7) is 3.19. The van der Waals surface area contributed by atoms with Crippen molar-refractivity contribution in [2.24, 2.45) is 0 Å². The first-order chi connectivity index (χ1) is 9.13. The van der Waals surface area contributed by atoms with Gasteiger partial charge in [0.15, 0.2) is 5.82 Å². The van der Waals surface area contributed by atoms with Crippen LogP contribution in [0.4, 0.5) is 14.5 Å². The molecule has 1 aromatic heterocycles. The van der Waals surface area contributed by atoms with E-state index >= 15 is 0 Å². The molecule has 2 aromatic rings. The minimum atomic E-state index is -0.811. The van der Waals surface area contributed by atoms with E-state index in [1.54, 1.807) is 0 Å². The molecule has 0 saturated carbocycles. The first kappa shape index (κ1) is 13.3. The average molecular weight is 269 g/mol. The lowest BCUT2D eigenvalue weighted by atomic mass is 10.1. The van der Waals surface area contributed by atoms with Crippen molar-refractivity contribution in [1.82, 2.24) is 20.2 Å². The van der Waals surface area contributed by atoms with Gasteiger partial charge in [0.1, 0.15) is 11.6 Å². The first-order valence-corrected chi connectivity index (χ1v) is 5.72. The van der Waals surface area contributed by atoms with Crippen molar-refractivity contribution < 1.29 is 13.5 Å². The van der Waals surface area contributed by atoms with Crippen LogP contribution in [0.5, 0.6) is 0 Å². The van der Waals surface area contributed by atoms with E-state index in [1.165, 1.54) is 10.7 Å². The fourth-order valence-electron chi connectivity index (χ4n) is 1.58. The molecule has 0 fully saturated rings. The molecule has 0 unspecified atom stereocenters. The van der Waals surface area contributed by atoms with Crippen LogP contribution in [0.25, 0.3) is 11.4 Å². The van der Waals surface area contributed by atoms with E-state index in [0.29, 0.717) is 25.8 Å². The van der Waals surface area contributed by atoms with Gasteiger partial charge >= 0.3 is 0 Å². The lowest BCUT2D eigenvalue weighted by Crippen LogP contribution is -2.10. The van der Waals surface area contributed by atoms with Crippen LogP contribution in [0, 0.1) is 11.6 Å². The molecule has 2 rings (SSSR count). The Bertz CT molecular complexity index is 572. The second kappa shape index (κ2) is 5.70. The molecule has 1 heterocycles. The van der Waals surface area contributed by atoms with Crippen LogP contribution in [0.1, 0.15) is 6.92 Å². The standard InChI is InChI=1S/C11H13F2N5O/c1-2-19-4-3-18-11(15-16-17-18)7-5-10(14)9(13)6-8(7)12/h5-6H,2-4,14H2,1H3. The largest absolute Gasteiger partial charge is 0.396 e. The summed E-state index contributed by atoms with van der Waals surface area (Å²) in [4.78, 5) is 0. The smallest absolute Gasteiger partial charge is 0.185 e. The molecule has 0 aliphatic rings. The van der Waals surface area contributed by atoms with E-state index in [1.807, 2.05) is 6.92 Å². The maximum absolute atomic E-state index is 13.7. The molecule has 0 radical (unpaired) electrons. The monoisotopic (exact) mass is 269 g/mol. The van der Waals surface area contributed by atoms with E-state index < -0.39 is 11.6 Å². The summed E-state index contributed by atoms with van der Waals surface area (Å²) < 4.78 is 33.4. The molecule has 19 heavy (non-hydrogen) atoms. The summed E-state index contributed by atoms with van der Waals surface area (Å²) in [7, 11) is 0. The fourth-order valence-corrected chi connectivity index (χ4v) is 1.58. The van der Waals surface area contributed by atoms with Crippen molar-refractivity contribution in [3.63, 3.8) is 0 Å². The predicted octanol–water partition coefficient (Wildman–Crippen LogP) is 1.24. The number of aromatic nitrogens is 4. The molecule has 0 aliphatic carbocycles. The number of benzene rings is 1. The number of hydrogen-bond acceptors (Lipinski definition) is 5. The van der Waals surface area contributed by atoms with Gasteiger partial charge in [-0.1, -0.05) is 0 Å². The highest BCUT2D eigenvalue weighted by Crippen LogP contribution is 2.24. The molecule has 0 spiro atoms. The maximum atomic E-state index is 13.7. The Kier molecular flexibility index (Phi) is 4.00. The molecular formula is C11H13F2N5O. The zero-order valence-electron chi connectivity index (χ0n) is 10.3. The van der Waals surface area contributed by atoms with Gasteiger partial charge in [-0.3, -0.25) is 0 Å². The summed E-state index contributed by atoms with van der Waals surface area (Å²) in [5.41, 5.74) is 5.32. The van der Waals surface area contributed by atoms with Crippen LogP contribution in [0.15, 0.2) is 12.1 Å². The molecule has 102 valence electrons. The highest BCUT2D eigenvalue weighted by Gasteiger charge is 2.16. The molecule has 0 aliphatic heterocycles. The van der Waals surface area contributed by atoms with Gasteiger partial charge in [0.05, 0.1) is 24.4 Å². The van der Waals surface area contributed by atoms with Gasteiger partial charge in [-0.05, 0) is 23.4 Å². The van der Waals surface area contributed by atoms with E-state index in [0.717, 1.165) is 0 Å². The van der Waals surface area contributed by atoms with Gasteiger partial charge in [-0.2, -0.15) is 0 Å². The Labute approximate surface area is 108 Å². The second-order valence-electron chi connectivity index (χ2n) is 3.78. The Hall–Kier alpha value is -2.09. The quantitative estimate of drug-likeness (QED) is 0.652. The maximum Gasteiger partial charge on any atom is 0.185 e. The minimum absolute atomic E-state index is 0.0559. The van der Waals surface area contributed by atoms with Crippen molar-refractivity contribution in [3.8, 4) is 11.4 Å². The van der Waals surface area contributed by atoms with Crippen molar-refractivity contribution in [1.29, 1.82) is 0 Å². The summed E-state index contributed by atoms with van der Waals surface area (Å²) in [6, 6.07) is 1.89. The number of ether oxygens (including phenoxy) is 1. The Morgan fingerprint density at radius 2 is 2.11 bits per heavy atom. The number of nitrogen functional groups attached to an aromatic ring is 1. The van der Waals surface area contributed by atoms with E-state index in [2.05, 4.69) is 15.5 Å². The lowest BCUT2D eigenvalue weighted by Gasteiger charge is -2.07. The van der Waals surface area contributed by atoms with Crippen molar-refractivity contribution in [2.45, 2.75) is 13.5 Å². The highest BCUT2D eigenvalue weighted by atomic mass is 19.1. The summed E-state index contributed by atoms with van der Waals surface area (Å²) in [5.74, 6) is -1.39. The number of nitrogens with two attached hydrogens (primary N) is 1. The summed E-state index contributed by atoms with van der Waals surface area (Å²) in [5, 5.41) is 10.9. The zero-order chi connectivity index (χ0) is 13.8. The third kappa shape index (κ3) is 2.84. The van der Waals surface area contributed by atoms with Gasteiger partial charge in [0.2, 0.25) is 0 Å². The summed E-state index contributed by atoms with van der Waals surface area (Å²) >= 11 is 0. The van der Waals surface area contributed by atoms with Crippen molar-refractivity contribution in [2.75, 3.05) is 18.9 Å². The van der Waals surface area contributed by atoms with Crippen molar-refractivity contribution in [3.05, 3.63) is 23.8 Å². The number of nitrogens with zero attached hydrogens (tertiary/aromatic N) is 4. The molecule has 8 heteroatoms. The third-order valence-corrected chi connectivity index (χ3v) is 2.51. The molecule has 0 atom stereocenters. The molecule has 2 N–H and O–H groups in total. The number of hydrogen-bond donors (Lipinski definition) is 1. The molecule has 0 bridgehead atoms. The topological polar surface area (TPSA) is 78.8 Å². The van der Waals surface area contributed by atoms with Crippen LogP contribution in [-0.2, 0) is 11.3 Å². The number of halogens is 2. The van der Waals surface area contributed by atoms with Crippen LogP contribution in [-0.4, -0.2) is 33.4 Å². The van der Waals surface area contributed by atoms with Crippen LogP contribution in [0.3, 0.4) is 0 Å². The molecule has 0 saturated heterocycles. The Morgan fingerprint density at radius 1 is 1.32 bits per heavy atom. The zero-order valence-corrected chi connectivity index (χ0v) is 10.3. The van der Waals surface area contributed by atoms with Crippen molar-refractivity contribution >= 4 is 5.69 Å². The molecule has 0 amide bonds. The predicted molar refractivity (Wildman–Crippen MR) is 64.1 cm³/mol. The van der Waals surface area contributed by atoms with Gasteiger partial charge in [-0.15, -0.1) is 5.10 Å². The number of anilines is 1. The average Bonchev–Trinajstić information content (AvgIpc) is 2.82. The second-order valence-corrected chi connectivity index (χ2v) is 3.78. The normalized spacial score (nSPS) is 10.9. The fraction of sp³-hybridized carbons (Fsp3) is 0.364. The van der Waals surface area contributed by atoms with Gasteiger partial charge < -0.3 is 10.5 Å². The Balaban J connectivity index is 2.32. The molecule has 1 aromatic carbocycles. The van der Waals surface area contributed by atoms with Crippen LogP contribution < -0.4 is 5.73 Å². The van der Waals surface area contributed by atoms with Gasteiger partial charge in [0, 0.05) is 12.7 Å². The van der Waals surface area contributed by atoms with Gasteiger partial charge in [0.25, 0.3) is 0 Å². The van der Waals surface area contributed by atoms with Crippen LogP contribution in [0.2, 0.25) is 0 Å². The third-order valence-electron chi connectivity index (χ3n) is 2.51. The summed E-state index contributed by atoms with van der Waals surface area (Å²) in [6.07, 6.45) is 0. The lowest BCUT2D eigenvalue weighted by molar-refractivity contribution is 0.136. The highest BCUT2D eigenvalue weighted by molar-refractivity contribution is 5.62. The number of rotatable bonds is 5. The SMILES string of the molecule is CCOCCn1nnnc1-c1cc(N)c(F)cc1F. The van der Waals surface area contributed by atoms with E-state index in [4.69, 9.17) is 10.5 Å². The molecular weight excluding hydrogens is 256 g/mol. The molecule has 6 nitrogen and oxygen atoms in total. The van der Waals surface area contributed by atoms with Crippen LogP contribution >= 0.6 is 0 Å². The van der Waals surface area contributed by atoms with Gasteiger partial charge in [-0.25, -0.2) is 13.5 Å². The Morgan fingerprint density at radius 3 is 2.84 bits per heavy atom. The first-order valence-electron chi connectivity index (χ1n) is 5.72. The minimum Gasteiger partial charge on any atom is -0.396 e. The number of tetrazole rings is 1. The van der Waals surface area contributed by atoms with E-state index in [-0.39, 0.29) is 17.1 Å².